The molecule has 5 N–H and O–H groups in total. The van der Waals surface area contributed by atoms with Gasteiger partial charge in [0.25, 0.3) is 0 Å². The molecule has 300 valence electrons. The number of aliphatic hydroxyl groups is 1. The number of nitrogens with two attached hydrogens (primary N) is 1. The van der Waals surface area contributed by atoms with Crippen LogP contribution in [0, 0.1) is 17.8 Å². The lowest BCUT2D eigenvalue weighted by Gasteiger charge is -2.47. The fraction of sp³-hybridized carbons (Fsp3) is 0.892. The molecule has 0 aromatic rings. The molecular formula is C37H67N5O10. The predicted octanol–water partition coefficient (Wildman–Crippen LogP) is 1.82. The molecule has 3 unspecified atom stereocenters. The number of Topliss-reactive ketones (excluding diaryl/α,β-unsaturated/α-hetero) is 1. The fourth-order valence-electron chi connectivity index (χ4n) is 7.85. The van der Waals surface area contributed by atoms with Gasteiger partial charge in [0.05, 0.1) is 24.4 Å². The Hall–Kier alpha value is -2.40. The van der Waals surface area contributed by atoms with Crippen molar-refractivity contribution in [1.82, 2.24) is 20.4 Å². The van der Waals surface area contributed by atoms with E-state index in [0.29, 0.717) is 31.8 Å². The summed E-state index contributed by atoms with van der Waals surface area (Å²) in [6, 6.07) is -0.129. The molecule has 0 bridgehead atoms. The number of nitrogens with zero attached hydrogens (tertiary/aromatic N) is 2. The highest BCUT2D eigenvalue weighted by molar-refractivity contribution is 5.97. The number of likely N-dealkylation sites (N-methyl/N-ethyl adjacent to an activating group) is 2. The highest BCUT2D eigenvalue weighted by Crippen LogP contribution is 2.37. The van der Waals surface area contributed by atoms with Gasteiger partial charge in [0.1, 0.15) is 24.4 Å². The van der Waals surface area contributed by atoms with Gasteiger partial charge in [0.15, 0.2) is 11.9 Å². The highest BCUT2D eigenvalue weighted by atomic mass is 16.7. The minimum Gasteiger partial charge on any atom is -0.458 e. The maximum Gasteiger partial charge on any atom is 0.405 e. The van der Waals surface area contributed by atoms with Crippen LogP contribution >= 0.6 is 0 Å². The van der Waals surface area contributed by atoms with Crippen molar-refractivity contribution in [2.24, 2.45) is 23.5 Å². The van der Waals surface area contributed by atoms with Gasteiger partial charge in [0, 0.05) is 43.6 Å². The molecule has 52 heavy (non-hydrogen) atoms. The van der Waals surface area contributed by atoms with Crippen LogP contribution in [-0.4, -0.2) is 147 Å². The van der Waals surface area contributed by atoms with Crippen LogP contribution in [-0.2, 0) is 38.1 Å². The number of ketones is 1. The Kier molecular flexibility index (Phi) is 15.9. The normalized spacial score (nSPS) is 38.7. The summed E-state index contributed by atoms with van der Waals surface area (Å²) in [5.74, 6) is -2.60. The molecule has 12 atom stereocenters. The molecule has 3 fully saturated rings. The van der Waals surface area contributed by atoms with Crippen molar-refractivity contribution in [2.75, 3.05) is 47.9 Å². The van der Waals surface area contributed by atoms with Crippen LogP contribution in [0.4, 0.5) is 4.79 Å². The average molecular weight is 742 g/mol. The maximum atomic E-state index is 14.0. The van der Waals surface area contributed by atoms with Crippen molar-refractivity contribution >= 4 is 23.8 Å². The number of aliphatic hydroxyl groups excluding tert-OH is 1. The van der Waals surface area contributed by atoms with Crippen molar-refractivity contribution in [2.45, 2.75) is 147 Å². The van der Waals surface area contributed by atoms with E-state index < -0.39 is 72.1 Å². The molecular weight excluding hydrogens is 674 g/mol. The zero-order valence-corrected chi connectivity index (χ0v) is 33.3. The second kappa shape index (κ2) is 18.8. The van der Waals surface area contributed by atoms with Crippen LogP contribution < -0.4 is 16.4 Å². The summed E-state index contributed by atoms with van der Waals surface area (Å²) < 4.78 is 30.7. The quantitative estimate of drug-likeness (QED) is 0.177. The van der Waals surface area contributed by atoms with Gasteiger partial charge in [-0.25, -0.2) is 4.79 Å². The number of primary amides is 1. The molecule has 2 amide bonds. The third kappa shape index (κ3) is 11.3. The summed E-state index contributed by atoms with van der Waals surface area (Å²) in [7, 11) is 7.21. The van der Waals surface area contributed by atoms with Gasteiger partial charge in [0.2, 0.25) is 5.91 Å². The molecule has 2 aliphatic heterocycles. The topological polar surface area (TPSA) is 191 Å². The first kappa shape index (κ1) is 44.0. The number of hydrogen-bond donors (Lipinski definition) is 4. The number of esters is 1. The zero-order chi connectivity index (χ0) is 39.1. The molecule has 1 saturated carbocycles. The van der Waals surface area contributed by atoms with E-state index >= 15 is 0 Å². The minimum absolute atomic E-state index is 0.00949. The lowest BCUT2D eigenvalue weighted by molar-refractivity contribution is -0.296. The van der Waals surface area contributed by atoms with Gasteiger partial charge in [-0.3, -0.25) is 19.3 Å². The number of ether oxygens (including phenoxy) is 5. The lowest BCUT2D eigenvalue weighted by atomic mass is 9.79. The Bertz CT molecular complexity index is 1220. The smallest absolute Gasteiger partial charge is 0.405 e. The minimum atomic E-state index is -1.28. The van der Waals surface area contributed by atoms with E-state index in [1.807, 2.05) is 58.6 Å². The molecule has 2 heterocycles. The molecule has 15 heteroatoms. The third-order valence-corrected chi connectivity index (χ3v) is 11.7. The number of cyclic esters (lactones) is 1. The molecule has 0 spiro atoms. The molecule has 1 aliphatic carbocycles. The number of hydrogen-bond acceptors (Lipinski definition) is 13. The molecule has 3 rings (SSSR count). The van der Waals surface area contributed by atoms with E-state index in [1.165, 1.54) is 0 Å². The van der Waals surface area contributed by atoms with Gasteiger partial charge in [-0.05, 0) is 86.5 Å². The van der Waals surface area contributed by atoms with Crippen LogP contribution in [0.25, 0.3) is 0 Å². The van der Waals surface area contributed by atoms with Crippen molar-refractivity contribution < 1.29 is 48.0 Å². The molecule has 3 aliphatic rings. The Morgan fingerprint density at radius 2 is 1.77 bits per heavy atom. The molecule has 0 aromatic carbocycles. The summed E-state index contributed by atoms with van der Waals surface area (Å²) >= 11 is 0. The highest BCUT2D eigenvalue weighted by Gasteiger charge is 2.50. The molecule has 15 nitrogen and oxygen atoms in total. The Labute approximate surface area is 310 Å². The molecule has 2 saturated heterocycles. The third-order valence-electron chi connectivity index (χ3n) is 11.7. The van der Waals surface area contributed by atoms with Gasteiger partial charge >= 0.3 is 12.1 Å². The number of amides is 2. The number of methoxy groups -OCH3 is 1. The summed E-state index contributed by atoms with van der Waals surface area (Å²) in [6.45, 7) is 14.0. The fourth-order valence-corrected chi connectivity index (χ4v) is 7.85. The average Bonchev–Trinajstić information content (AvgIpc) is 3.93. The van der Waals surface area contributed by atoms with E-state index in [4.69, 9.17) is 29.4 Å². The first-order valence-electron chi connectivity index (χ1n) is 18.9. The summed E-state index contributed by atoms with van der Waals surface area (Å²) in [4.78, 5) is 56.2. The van der Waals surface area contributed by atoms with Crippen molar-refractivity contribution in [3.8, 4) is 0 Å². The maximum absolute atomic E-state index is 14.0. The first-order valence-corrected chi connectivity index (χ1v) is 18.9. The van der Waals surface area contributed by atoms with E-state index in [9.17, 15) is 24.3 Å². The van der Waals surface area contributed by atoms with Gasteiger partial charge in [-0.15, -0.1) is 0 Å². The van der Waals surface area contributed by atoms with Crippen LogP contribution in [0.5, 0.6) is 0 Å². The second-order valence-electron chi connectivity index (χ2n) is 16.1. The summed E-state index contributed by atoms with van der Waals surface area (Å²) in [6.07, 6.45) is -2.78. The monoisotopic (exact) mass is 741 g/mol. The van der Waals surface area contributed by atoms with Gasteiger partial charge in [-0.1, -0.05) is 27.7 Å². The Morgan fingerprint density at radius 3 is 2.33 bits per heavy atom. The van der Waals surface area contributed by atoms with Gasteiger partial charge < -0.3 is 50.1 Å². The van der Waals surface area contributed by atoms with E-state index in [2.05, 4.69) is 17.6 Å². The van der Waals surface area contributed by atoms with Crippen LogP contribution in [0.15, 0.2) is 0 Å². The predicted molar refractivity (Wildman–Crippen MR) is 194 cm³/mol. The number of rotatable bonds is 11. The number of nitrogens with one attached hydrogen (secondary N) is 2. The zero-order valence-electron chi connectivity index (χ0n) is 33.3. The lowest BCUT2D eigenvalue weighted by Crippen LogP contribution is -2.60. The van der Waals surface area contributed by atoms with E-state index in [0.717, 1.165) is 12.8 Å². The van der Waals surface area contributed by atoms with E-state index in [-0.39, 0.29) is 42.9 Å². The van der Waals surface area contributed by atoms with Crippen molar-refractivity contribution in [1.29, 1.82) is 0 Å². The molecule has 0 radical (unpaired) electrons. The standard InChI is InChI=1S/C37H67N5O10/c1-12-29-37(7,52-35(38)47)23(4)24(5)39-18-21(2)17-36(6,48-11)33(22(3)28(43)16-31(45)50-29)51-34-32(46)27(41(8)9)15-26(49-34)19-40-30(44)20-42(10)25-13-14-25/h21-27,29,32-34,39,46H,12-20H2,1-11H3,(H2,38,47)(H,40,44)/t21-,22+,23-,24-,26?,27?,29-,32?,33-,34+,36-,37+/m1/s1. The first-order chi connectivity index (χ1) is 24.3. The largest absolute Gasteiger partial charge is 0.458 e. The van der Waals surface area contributed by atoms with Crippen LogP contribution in [0.1, 0.15) is 87.0 Å². The SMILES string of the molecule is CC[C@H]1OC(=O)CC(=O)[C@H](C)[C@@H](O[C@@H]2OC(CNC(=O)CN(C)C3CC3)CC(N(C)C)C2O)[C@](C)(OC)C[C@@H](C)CN[C@H](C)[C@@H](C)[C@]1(C)OC(N)=O. The summed E-state index contributed by atoms with van der Waals surface area (Å²) in [5.41, 5.74) is 3.14. The number of carbonyl (C=O) groups excluding carboxylic acids is 4. The van der Waals surface area contributed by atoms with Crippen molar-refractivity contribution in [3.63, 3.8) is 0 Å². The van der Waals surface area contributed by atoms with Crippen molar-refractivity contribution in [3.05, 3.63) is 0 Å². The molecule has 0 aromatic heterocycles. The number of carbonyl (C=O) groups is 4. The van der Waals surface area contributed by atoms with Gasteiger partial charge in [-0.2, -0.15) is 0 Å². The Morgan fingerprint density at radius 1 is 1.12 bits per heavy atom. The summed E-state index contributed by atoms with van der Waals surface area (Å²) in [5, 5.41) is 18.1. The van der Waals surface area contributed by atoms with Crippen LogP contribution in [0.3, 0.4) is 0 Å². The second-order valence-corrected chi connectivity index (χ2v) is 16.1. The van der Waals surface area contributed by atoms with Crippen LogP contribution in [0.2, 0.25) is 0 Å². The van der Waals surface area contributed by atoms with E-state index in [1.54, 1.807) is 21.0 Å². The Balaban J connectivity index is 1.92.